The third-order valence-electron chi connectivity index (χ3n) is 3.84. The van der Waals surface area contributed by atoms with Crippen LogP contribution in [0.4, 0.5) is 4.39 Å². The van der Waals surface area contributed by atoms with E-state index in [1.807, 2.05) is 0 Å². The lowest BCUT2D eigenvalue weighted by molar-refractivity contribution is -0.141. The minimum Gasteiger partial charge on any atom is -0.480 e. The smallest absolute Gasteiger partial charge is 0.326 e. The Morgan fingerprint density at radius 3 is 2.79 bits per heavy atom. The van der Waals surface area contributed by atoms with E-state index < -0.39 is 23.7 Å². The van der Waals surface area contributed by atoms with Crippen LogP contribution in [0.1, 0.15) is 30.3 Å². The predicted molar refractivity (Wildman–Crippen MR) is 82.6 cm³/mol. The van der Waals surface area contributed by atoms with Crippen molar-refractivity contribution in [1.82, 2.24) is 19.9 Å². The summed E-state index contributed by atoms with van der Waals surface area (Å²) in [5.41, 5.74) is 0.00711. The van der Waals surface area contributed by atoms with Gasteiger partial charge in [-0.05, 0) is 31.9 Å². The van der Waals surface area contributed by atoms with Crippen LogP contribution < -0.4 is 0 Å². The minimum atomic E-state index is -1.09. The number of rotatable bonds is 5. The average Bonchev–Trinajstić information content (AvgIpc) is 3.25. The van der Waals surface area contributed by atoms with Crippen LogP contribution in [0.2, 0.25) is 5.02 Å². The third-order valence-corrected chi connectivity index (χ3v) is 4.13. The number of carbonyl (C=O) groups excluding carboxylic acids is 1. The molecule has 9 heteroatoms. The molecule has 24 heavy (non-hydrogen) atoms. The van der Waals surface area contributed by atoms with Crippen molar-refractivity contribution < 1.29 is 19.1 Å². The van der Waals surface area contributed by atoms with E-state index in [1.54, 1.807) is 6.07 Å². The molecule has 126 valence electrons. The second kappa shape index (κ2) is 6.20. The highest BCUT2D eigenvalue weighted by Crippen LogP contribution is 2.30. The molecule has 1 aliphatic carbocycles. The van der Waals surface area contributed by atoms with Gasteiger partial charge in [-0.25, -0.2) is 13.9 Å². The fourth-order valence-electron chi connectivity index (χ4n) is 2.41. The van der Waals surface area contributed by atoms with Crippen LogP contribution in [0, 0.1) is 5.82 Å². The van der Waals surface area contributed by atoms with Gasteiger partial charge in [-0.15, -0.1) is 5.10 Å². The molecule has 0 spiro atoms. The van der Waals surface area contributed by atoms with E-state index in [-0.39, 0.29) is 22.4 Å². The average molecular weight is 353 g/mol. The van der Waals surface area contributed by atoms with Crippen molar-refractivity contribution in [2.24, 2.45) is 0 Å². The molecule has 7 nitrogen and oxygen atoms in total. The first-order valence-electron chi connectivity index (χ1n) is 7.32. The van der Waals surface area contributed by atoms with Gasteiger partial charge in [-0.3, -0.25) is 4.79 Å². The first-order chi connectivity index (χ1) is 11.4. The molecule has 1 heterocycles. The number of nitrogens with zero attached hydrogens (tertiary/aromatic N) is 4. The normalized spacial score (nSPS) is 15.1. The van der Waals surface area contributed by atoms with Crippen molar-refractivity contribution in [3.63, 3.8) is 0 Å². The lowest BCUT2D eigenvalue weighted by Gasteiger charge is -2.25. The highest BCUT2D eigenvalue weighted by atomic mass is 35.5. The molecule has 0 bridgehead atoms. The van der Waals surface area contributed by atoms with Gasteiger partial charge < -0.3 is 10.0 Å². The van der Waals surface area contributed by atoms with Crippen molar-refractivity contribution in [2.75, 3.05) is 0 Å². The minimum absolute atomic E-state index is 0.0469. The first kappa shape index (κ1) is 16.4. The number of amides is 1. The van der Waals surface area contributed by atoms with Gasteiger partial charge in [-0.1, -0.05) is 22.9 Å². The maximum Gasteiger partial charge on any atom is 0.326 e. The summed E-state index contributed by atoms with van der Waals surface area (Å²) in [6.45, 7) is 1.44. The molecule has 1 aromatic carbocycles. The van der Waals surface area contributed by atoms with E-state index in [9.17, 15) is 19.1 Å². The van der Waals surface area contributed by atoms with Gasteiger partial charge in [0.25, 0.3) is 5.91 Å². The predicted octanol–water partition coefficient (Wildman–Crippen LogP) is 2.14. The number of aromatic nitrogens is 3. The summed E-state index contributed by atoms with van der Waals surface area (Å²) in [4.78, 5) is 25.1. The number of aliphatic carboxylic acids is 1. The lowest BCUT2D eigenvalue weighted by Crippen LogP contribution is -2.44. The number of hydrogen-bond acceptors (Lipinski definition) is 4. The largest absolute Gasteiger partial charge is 0.480 e. The van der Waals surface area contributed by atoms with E-state index in [0.29, 0.717) is 0 Å². The Kier molecular flexibility index (Phi) is 4.23. The Hall–Kier alpha value is -2.48. The fourth-order valence-corrected chi connectivity index (χ4v) is 2.58. The van der Waals surface area contributed by atoms with Crippen molar-refractivity contribution in [3.8, 4) is 5.69 Å². The summed E-state index contributed by atoms with van der Waals surface area (Å²) >= 11 is 5.73. The second-order valence-electron chi connectivity index (χ2n) is 5.58. The molecular weight excluding hydrogens is 339 g/mol. The van der Waals surface area contributed by atoms with E-state index in [0.717, 1.165) is 17.5 Å². The molecule has 2 aromatic rings. The van der Waals surface area contributed by atoms with Crippen molar-refractivity contribution in [3.05, 3.63) is 40.9 Å². The lowest BCUT2D eigenvalue weighted by atomic mass is 10.2. The monoisotopic (exact) mass is 352 g/mol. The Balaban J connectivity index is 1.90. The topological polar surface area (TPSA) is 88.3 Å². The Morgan fingerprint density at radius 2 is 2.17 bits per heavy atom. The Bertz CT molecular complexity index is 806. The quantitative estimate of drug-likeness (QED) is 0.890. The summed E-state index contributed by atoms with van der Waals surface area (Å²) < 4.78 is 15.1. The number of halogens is 2. The van der Waals surface area contributed by atoms with Crippen LogP contribution in [0.5, 0.6) is 0 Å². The van der Waals surface area contributed by atoms with Gasteiger partial charge in [-0.2, -0.15) is 0 Å². The molecule has 0 aliphatic heterocycles. The molecule has 1 atom stereocenters. The van der Waals surface area contributed by atoms with Crippen LogP contribution >= 0.6 is 11.6 Å². The third kappa shape index (κ3) is 2.96. The van der Waals surface area contributed by atoms with E-state index in [1.165, 1.54) is 30.2 Å². The standard InChI is InChI=1S/C15H14ClFN4O3/c1-8(15(23)24)21(9-5-6-9)14(22)11-7-20(19-18-11)12-4-2-3-10(16)13(12)17/h2-4,7-9H,5-6H2,1H3,(H,23,24). The van der Waals surface area contributed by atoms with Gasteiger partial charge in [0.2, 0.25) is 0 Å². The van der Waals surface area contributed by atoms with Gasteiger partial charge in [0, 0.05) is 6.04 Å². The van der Waals surface area contributed by atoms with Crippen molar-refractivity contribution >= 4 is 23.5 Å². The highest BCUT2D eigenvalue weighted by molar-refractivity contribution is 6.30. The molecule has 0 saturated heterocycles. The Morgan fingerprint density at radius 1 is 1.46 bits per heavy atom. The number of carboxylic acid groups (broad SMARTS) is 1. The number of carboxylic acids is 1. The van der Waals surface area contributed by atoms with E-state index in [2.05, 4.69) is 10.3 Å². The van der Waals surface area contributed by atoms with E-state index in [4.69, 9.17) is 11.6 Å². The van der Waals surface area contributed by atoms with Crippen LogP contribution in [0.3, 0.4) is 0 Å². The van der Waals surface area contributed by atoms with Gasteiger partial charge in [0.15, 0.2) is 11.5 Å². The number of hydrogen-bond donors (Lipinski definition) is 1. The van der Waals surface area contributed by atoms with Crippen LogP contribution in [0.15, 0.2) is 24.4 Å². The maximum atomic E-state index is 14.0. The molecule has 1 saturated carbocycles. The molecular formula is C15H14ClFN4O3. The molecule has 1 unspecified atom stereocenters. The molecule has 1 aliphatic rings. The summed E-state index contributed by atoms with van der Waals surface area (Å²) in [5.74, 6) is -2.31. The first-order valence-corrected chi connectivity index (χ1v) is 7.70. The molecule has 1 fully saturated rings. The molecule has 0 radical (unpaired) electrons. The SMILES string of the molecule is CC(C(=O)O)N(C(=O)c1cn(-c2cccc(Cl)c2F)nn1)C1CC1. The molecule has 1 amide bonds. The maximum absolute atomic E-state index is 14.0. The zero-order chi connectivity index (χ0) is 17.4. The highest BCUT2D eigenvalue weighted by Gasteiger charge is 2.39. The van der Waals surface area contributed by atoms with Crippen molar-refractivity contribution in [2.45, 2.75) is 31.8 Å². The van der Waals surface area contributed by atoms with Gasteiger partial charge in [0.1, 0.15) is 11.7 Å². The summed E-state index contributed by atoms with van der Waals surface area (Å²) in [6.07, 6.45) is 2.77. The molecule has 3 rings (SSSR count). The zero-order valence-electron chi connectivity index (χ0n) is 12.7. The van der Waals surface area contributed by atoms with Crippen LogP contribution in [-0.4, -0.2) is 49.0 Å². The Labute approximate surface area is 141 Å². The van der Waals surface area contributed by atoms with E-state index >= 15 is 0 Å². The number of carbonyl (C=O) groups is 2. The summed E-state index contributed by atoms with van der Waals surface area (Å²) in [5, 5.41) is 16.6. The molecule has 1 N–H and O–H groups in total. The molecule has 1 aromatic heterocycles. The number of benzene rings is 1. The van der Waals surface area contributed by atoms with Crippen LogP contribution in [0.25, 0.3) is 5.69 Å². The summed E-state index contributed by atoms with van der Waals surface area (Å²) in [7, 11) is 0. The van der Waals surface area contributed by atoms with Crippen LogP contribution in [-0.2, 0) is 4.79 Å². The van der Waals surface area contributed by atoms with Gasteiger partial charge >= 0.3 is 5.97 Å². The second-order valence-corrected chi connectivity index (χ2v) is 5.99. The zero-order valence-corrected chi connectivity index (χ0v) is 13.4. The van der Waals surface area contributed by atoms with Gasteiger partial charge in [0.05, 0.1) is 11.2 Å². The summed E-state index contributed by atoms with van der Waals surface area (Å²) in [6, 6.07) is 3.30. The fraction of sp³-hybridized carbons (Fsp3) is 0.333. The van der Waals surface area contributed by atoms with Crippen molar-refractivity contribution in [1.29, 1.82) is 0 Å².